The second-order valence-electron chi connectivity index (χ2n) is 7.58. The predicted molar refractivity (Wildman–Crippen MR) is 116 cm³/mol. The van der Waals surface area contributed by atoms with E-state index in [1.165, 1.54) is 0 Å². The lowest BCUT2D eigenvalue weighted by Gasteiger charge is -2.25. The Bertz CT molecular complexity index is 957. The van der Waals surface area contributed by atoms with Crippen LogP contribution in [-0.2, 0) is 0 Å². The molecule has 2 aliphatic carbocycles. The summed E-state index contributed by atoms with van der Waals surface area (Å²) < 4.78 is 5.85. The fourth-order valence-electron chi connectivity index (χ4n) is 4.02. The first-order valence-corrected chi connectivity index (χ1v) is 9.93. The number of aliphatic hydroxyl groups is 3. The highest BCUT2D eigenvalue weighted by Gasteiger charge is 2.39. The van der Waals surface area contributed by atoms with Gasteiger partial charge in [-0.05, 0) is 50.1 Å². The molecule has 0 bridgehead atoms. The third kappa shape index (κ3) is 4.16. The van der Waals surface area contributed by atoms with Crippen LogP contribution in [-0.4, -0.2) is 50.9 Å². The molecule has 0 amide bonds. The zero-order valence-electron chi connectivity index (χ0n) is 16.3. The van der Waals surface area contributed by atoms with E-state index in [1.807, 2.05) is 0 Å². The SMILES string of the molecule is Cc1cc2c([nH]1)C(O)=C(O)C(CNC1CCC(Oc3ccc(Cl)cc3)C1O)C2=O.Cl. The molecule has 7 nitrogen and oxygen atoms in total. The zero-order valence-corrected chi connectivity index (χ0v) is 17.8. The van der Waals surface area contributed by atoms with Crippen molar-refractivity contribution in [2.45, 2.75) is 38.0 Å². The summed E-state index contributed by atoms with van der Waals surface area (Å²) in [4.78, 5) is 15.6. The maximum atomic E-state index is 12.7. The third-order valence-electron chi connectivity index (χ3n) is 5.58. The van der Waals surface area contributed by atoms with Crippen molar-refractivity contribution in [3.8, 4) is 5.75 Å². The summed E-state index contributed by atoms with van der Waals surface area (Å²) in [6, 6.07) is 8.32. The van der Waals surface area contributed by atoms with Gasteiger partial charge in [0.2, 0.25) is 0 Å². The Hall–Kier alpha value is -2.19. The molecule has 0 radical (unpaired) electrons. The van der Waals surface area contributed by atoms with E-state index in [-0.39, 0.29) is 54.1 Å². The summed E-state index contributed by atoms with van der Waals surface area (Å²) in [6.45, 7) is 1.88. The number of H-pyrrole nitrogens is 1. The molecule has 30 heavy (non-hydrogen) atoms. The molecule has 1 saturated carbocycles. The van der Waals surface area contributed by atoms with E-state index in [2.05, 4.69) is 10.3 Å². The van der Waals surface area contributed by atoms with Crippen molar-refractivity contribution in [2.24, 2.45) is 5.92 Å². The molecular weight excluding hydrogens is 431 g/mol. The summed E-state index contributed by atoms with van der Waals surface area (Å²) in [5.41, 5.74) is 1.34. The van der Waals surface area contributed by atoms with E-state index in [4.69, 9.17) is 16.3 Å². The van der Waals surface area contributed by atoms with Gasteiger partial charge in [0.15, 0.2) is 11.5 Å². The molecule has 9 heteroatoms. The number of halogens is 2. The Morgan fingerprint density at radius 3 is 2.63 bits per heavy atom. The van der Waals surface area contributed by atoms with Crippen molar-refractivity contribution >= 4 is 35.6 Å². The highest BCUT2D eigenvalue weighted by atomic mass is 35.5. The highest BCUT2D eigenvalue weighted by molar-refractivity contribution is 6.30. The van der Waals surface area contributed by atoms with Crippen LogP contribution in [0.2, 0.25) is 5.02 Å². The van der Waals surface area contributed by atoms with E-state index in [0.29, 0.717) is 29.2 Å². The molecule has 2 aromatic rings. The Kier molecular flexibility index (Phi) is 6.67. The minimum atomic E-state index is -0.902. The Morgan fingerprint density at radius 1 is 1.23 bits per heavy atom. The number of Topliss-reactive ketones (excluding diaryl/α,β-unsaturated/α-hetero) is 1. The molecule has 0 aliphatic heterocycles. The van der Waals surface area contributed by atoms with Crippen molar-refractivity contribution < 1.29 is 24.9 Å². The first-order valence-electron chi connectivity index (χ1n) is 9.55. The number of benzene rings is 1. The number of hydrogen-bond donors (Lipinski definition) is 5. The zero-order chi connectivity index (χ0) is 20.7. The molecule has 2 aliphatic rings. The molecule has 162 valence electrons. The number of hydrogen-bond acceptors (Lipinski definition) is 6. The standard InChI is InChI=1S/C21H23ClN2O5.ClH/c1-10-8-13-17(24-10)21(28)19(26)14(18(13)25)9-23-15-6-7-16(20(15)27)29-12-4-2-11(22)3-5-12;/h2-5,8,14-16,20,23-24,26-28H,6-7,9H2,1H3;1H. The van der Waals surface area contributed by atoms with Crippen LogP contribution in [0, 0.1) is 12.8 Å². The van der Waals surface area contributed by atoms with Crippen LogP contribution in [0.15, 0.2) is 36.1 Å². The van der Waals surface area contributed by atoms with Gasteiger partial charge in [-0.15, -0.1) is 12.4 Å². The maximum Gasteiger partial charge on any atom is 0.178 e. The molecule has 1 aromatic heterocycles. The fourth-order valence-corrected chi connectivity index (χ4v) is 4.14. The number of ketones is 1. The molecule has 4 atom stereocenters. The van der Waals surface area contributed by atoms with Crippen LogP contribution >= 0.6 is 24.0 Å². The predicted octanol–water partition coefficient (Wildman–Crippen LogP) is 3.56. The number of aromatic amines is 1. The van der Waals surface area contributed by atoms with E-state index in [0.717, 1.165) is 5.69 Å². The molecule has 5 N–H and O–H groups in total. The fraction of sp³-hybridized carbons (Fsp3) is 0.381. The van der Waals surface area contributed by atoms with Crippen LogP contribution in [0.3, 0.4) is 0 Å². The number of rotatable bonds is 5. The van der Waals surface area contributed by atoms with E-state index >= 15 is 0 Å². The van der Waals surface area contributed by atoms with Crippen LogP contribution in [0.4, 0.5) is 0 Å². The summed E-state index contributed by atoms with van der Waals surface area (Å²) in [5.74, 6) is -1.22. The van der Waals surface area contributed by atoms with Gasteiger partial charge >= 0.3 is 0 Å². The molecule has 4 unspecified atom stereocenters. The van der Waals surface area contributed by atoms with Crippen molar-refractivity contribution in [2.75, 3.05) is 6.54 Å². The van der Waals surface area contributed by atoms with Gasteiger partial charge in [-0.1, -0.05) is 11.6 Å². The Balaban J connectivity index is 0.00000256. The lowest BCUT2D eigenvalue weighted by Crippen LogP contribution is -2.45. The first-order chi connectivity index (χ1) is 13.8. The quantitative estimate of drug-likeness (QED) is 0.471. The average molecular weight is 455 g/mol. The summed E-state index contributed by atoms with van der Waals surface area (Å²) >= 11 is 5.88. The number of nitrogens with one attached hydrogen (secondary N) is 2. The number of ether oxygens (including phenoxy) is 1. The second kappa shape index (κ2) is 8.89. The van der Waals surface area contributed by atoms with Gasteiger partial charge in [-0.3, -0.25) is 4.79 Å². The van der Waals surface area contributed by atoms with Gasteiger partial charge < -0.3 is 30.4 Å². The topological polar surface area (TPSA) is 115 Å². The number of aliphatic hydroxyl groups excluding tert-OH is 3. The lowest BCUT2D eigenvalue weighted by atomic mass is 9.89. The molecule has 1 aromatic carbocycles. The van der Waals surface area contributed by atoms with Crippen molar-refractivity contribution in [3.63, 3.8) is 0 Å². The second-order valence-corrected chi connectivity index (χ2v) is 8.02. The Morgan fingerprint density at radius 2 is 1.93 bits per heavy atom. The largest absolute Gasteiger partial charge is 0.508 e. The normalized spacial score (nSPS) is 25.8. The lowest BCUT2D eigenvalue weighted by molar-refractivity contribution is 0.0442. The molecule has 0 saturated heterocycles. The summed E-state index contributed by atoms with van der Waals surface area (Å²) in [6.07, 6.45) is 0.154. The van der Waals surface area contributed by atoms with Gasteiger partial charge in [0, 0.05) is 28.9 Å². The number of fused-ring (bicyclic) bond motifs is 1. The van der Waals surface area contributed by atoms with Crippen LogP contribution < -0.4 is 10.1 Å². The van der Waals surface area contributed by atoms with Crippen LogP contribution in [0.1, 0.15) is 34.6 Å². The van der Waals surface area contributed by atoms with Gasteiger partial charge in [0.05, 0.1) is 11.6 Å². The van der Waals surface area contributed by atoms with Crippen LogP contribution in [0.5, 0.6) is 5.75 Å². The number of aromatic nitrogens is 1. The minimum absolute atomic E-state index is 0. The first kappa shape index (κ1) is 22.5. The van der Waals surface area contributed by atoms with E-state index in [1.54, 1.807) is 37.3 Å². The third-order valence-corrected chi connectivity index (χ3v) is 5.84. The highest BCUT2D eigenvalue weighted by Crippen LogP contribution is 2.33. The average Bonchev–Trinajstić information content (AvgIpc) is 3.25. The molecule has 0 spiro atoms. The maximum absolute atomic E-state index is 12.7. The number of aryl methyl sites for hydroxylation is 1. The molecular formula is C21H24Cl2N2O5. The number of carbonyl (C=O) groups excluding carboxylic acids is 1. The monoisotopic (exact) mass is 454 g/mol. The Labute approximate surface area is 185 Å². The summed E-state index contributed by atoms with van der Waals surface area (Å²) in [5, 5.41) is 34.9. The van der Waals surface area contributed by atoms with Crippen molar-refractivity contribution in [3.05, 3.63) is 58.1 Å². The smallest absolute Gasteiger partial charge is 0.178 e. The van der Waals surface area contributed by atoms with Crippen LogP contribution in [0.25, 0.3) is 5.76 Å². The molecule has 1 fully saturated rings. The van der Waals surface area contributed by atoms with Gasteiger partial charge in [0.1, 0.15) is 23.7 Å². The molecule has 1 heterocycles. The van der Waals surface area contributed by atoms with Crippen molar-refractivity contribution in [1.82, 2.24) is 10.3 Å². The summed E-state index contributed by atoms with van der Waals surface area (Å²) in [7, 11) is 0. The molecule has 4 rings (SSSR count). The number of carbonyl (C=O) groups is 1. The van der Waals surface area contributed by atoms with Gasteiger partial charge in [0.25, 0.3) is 0 Å². The van der Waals surface area contributed by atoms with Gasteiger partial charge in [-0.2, -0.15) is 0 Å². The van der Waals surface area contributed by atoms with E-state index in [9.17, 15) is 20.1 Å². The van der Waals surface area contributed by atoms with E-state index < -0.39 is 12.0 Å². The minimum Gasteiger partial charge on any atom is -0.508 e. The van der Waals surface area contributed by atoms with Crippen molar-refractivity contribution in [1.29, 1.82) is 0 Å². The van der Waals surface area contributed by atoms with Gasteiger partial charge in [-0.25, -0.2) is 0 Å².